The lowest BCUT2D eigenvalue weighted by Crippen LogP contribution is -2.26. The van der Waals surface area contributed by atoms with E-state index >= 15 is 0 Å². The zero-order valence-electron chi connectivity index (χ0n) is 33.3. The maximum Gasteiger partial charge on any atom is 0.159 e. The van der Waals surface area contributed by atoms with E-state index in [-0.39, 0.29) is 5.41 Å². The van der Waals surface area contributed by atoms with Gasteiger partial charge < -0.3 is 9.32 Å². The Kier molecular flexibility index (Phi) is 7.14. The van der Waals surface area contributed by atoms with Crippen molar-refractivity contribution >= 4 is 49.8 Å². The molecule has 1 aromatic heterocycles. The molecule has 59 heavy (non-hydrogen) atoms. The highest BCUT2D eigenvalue weighted by Crippen LogP contribution is 2.65. The number of hydrogen-bond donors (Lipinski definition) is 0. The molecule has 0 fully saturated rings. The normalized spacial score (nSPS) is 13.5. The monoisotopic (exact) mass is 755 g/mol. The highest BCUT2D eigenvalue weighted by molar-refractivity contribution is 6.22. The second kappa shape index (κ2) is 12.4. The van der Waals surface area contributed by atoms with E-state index in [1.807, 2.05) is 0 Å². The van der Waals surface area contributed by atoms with Gasteiger partial charge in [0.25, 0.3) is 0 Å². The van der Waals surface area contributed by atoms with Gasteiger partial charge in [-0.2, -0.15) is 0 Å². The number of fused-ring (bicyclic) bond motifs is 15. The Bertz CT molecular complexity index is 3260. The molecule has 2 nitrogen and oxygen atoms in total. The summed E-state index contributed by atoms with van der Waals surface area (Å²) in [5.41, 5.74) is 18.4. The van der Waals surface area contributed by atoms with Crippen LogP contribution in [0, 0.1) is 0 Å². The summed E-state index contributed by atoms with van der Waals surface area (Å²) in [5, 5.41) is 4.73. The molecule has 280 valence electrons. The lowest BCUT2D eigenvalue weighted by Gasteiger charge is -2.31. The third kappa shape index (κ3) is 4.69. The maximum atomic E-state index is 7.30. The number of para-hydroxylation sites is 1. The Balaban J connectivity index is 1.18. The van der Waals surface area contributed by atoms with Crippen molar-refractivity contribution in [3.63, 3.8) is 0 Å². The number of rotatable bonds is 4. The van der Waals surface area contributed by atoms with Gasteiger partial charge in [0.15, 0.2) is 5.58 Å². The van der Waals surface area contributed by atoms with Crippen LogP contribution in [-0.4, -0.2) is 0 Å². The van der Waals surface area contributed by atoms with Gasteiger partial charge >= 0.3 is 0 Å². The van der Waals surface area contributed by atoms with Crippen LogP contribution in [-0.2, 0) is 10.8 Å². The third-order valence-electron chi connectivity index (χ3n) is 13.0. The van der Waals surface area contributed by atoms with Gasteiger partial charge in [0.2, 0.25) is 0 Å². The SMILES string of the molecule is CC(C)(C)c1cc2ccccc2c2c1oc1c(N(c3ccc(-c4ccccc4)cc3)c3cccc4c3-c3ccccc3C43c4ccccc4-c4ccccc43)cccc12. The minimum absolute atomic E-state index is 0.130. The smallest absolute Gasteiger partial charge is 0.159 e. The van der Waals surface area contributed by atoms with Crippen LogP contribution in [0.4, 0.5) is 17.1 Å². The summed E-state index contributed by atoms with van der Waals surface area (Å²) in [5.74, 6) is 0. The minimum atomic E-state index is -0.455. The van der Waals surface area contributed by atoms with Gasteiger partial charge in [-0.15, -0.1) is 0 Å². The van der Waals surface area contributed by atoms with Crippen LogP contribution < -0.4 is 4.90 Å². The first-order valence-corrected chi connectivity index (χ1v) is 20.7. The van der Waals surface area contributed by atoms with Gasteiger partial charge in [0, 0.05) is 27.6 Å². The molecular weight excluding hydrogens is 715 g/mol. The summed E-state index contributed by atoms with van der Waals surface area (Å²) in [7, 11) is 0. The Morgan fingerprint density at radius 2 is 0.983 bits per heavy atom. The van der Waals surface area contributed by atoms with Crippen molar-refractivity contribution in [2.75, 3.05) is 4.90 Å². The van der Waals surface area contributed by atoms with E-state index < -0.39 is 5.41 Å². The molecule has 0 amide bonds. The molecule has 0 radical (unpaired) electrons. The highest BCUT2D eigenvalue weighted by Gasteiger charge is 2.52. The summed E-state index contributed by atoms with van der Waals surface area (Å²) in [6, 6.07) is 71.6. The summed E-state index contributed by atoms with van der Waals surface area (Å²) in [4.78, 5) is 2.46. The molecule has 1 spiro atoms. The Morgan fingerprint density at radius 3 is 1.69 bits per heavy atom. The van der Waals surface area contributed by atoms with Gasteiger partial charge in [-0.25, -0.2) is 0 Å². The van der Waals surface area contributed by atoms with Gasteiger partial charge in [0.05, 0.1) is 16.8 Å². The fourth-order valence-corrected chi connectivity index (χ4v) is 10.5. The quantitative estimate of drug-likeness (QED) is 0.178. The Hall–Kier alpha value is -7.16. The van der Waals surface area contributed by atoms with E-state index in [0.29, 0.717) is 0 Å². The fourth-order valence-electron chi connectivity index (χ4n) is 10.5. The van der Waals surface area contributed by atoms with Crippen LogP contribution in [0.3, 0.4) is 0 Å². The van der Waals surface area contributed by atoms with Crippen LogP contribution in [0.15, 0.2) is 199 Å². The minimum Gasteiger partial charge on any atom is -0.454 e. The number of anilines is 3. The van der Waals surface area contributed by atoms with Gasteiger partial charge in [-0.3, -0.25) is 0 Å². The molecule has 2 heteroatoms. The largest absolute Gasteiger partial charge is 0.454 e. The lowest BCUT2D eigenvalue weighted by molar-refractivity contribution is 0.573. The fraction of sp³-hybridized carbons (Fsp3) is 0.0877. The summed E-state index contributed by atoms with van der Waals surface area (Å²) in [6.45, 7) is 6.85. The van der Waals surface area contributed by atoms with Crippen molar-refractivity contribution in [3.05, 3.63) is 222 Å². The van der Waals surface area contributed by atoms with E-state index in [0.717, 1.165) is 33.6 Å². The van der Waals surface area contributed by atoms with E-state index in [4.69, 9.17) is 4.42 Å². The molecule has 12 rings (SSSR count). The van der Waals surface area contributed by atoms with E-state index in [1.54, 1.807) is 0 Å². The molecule has 0 unspecified atom stereocenters. The standard InChI is InChI=1S/C57H41NO/c1-56(2,3)49-35-38-19-7-8-20-40(38)52-44-24-15-30-51(54(44)59-55(49)52)58(39-33-31-37(32-34-39)36-17-5-4-6-18-36)50-29-16-28-48-53(50)43-23-11-14-27-47(43)57(48)45-25-12-9-21-41(45)42-22-10-13-26-46(42)57/h4-35H,1-3H3. The molecule has 1 heterocycles. The molecule has 0 saturated heterocycles. The van der Waals surface area contributed by atoms with Crippen molar-refractivity contribution in [2.45, 2.75) is 31.6 Å². The number of benzene rings is 9. The third-order valence-corrected chi connectivity index (χ3v) is 13.0. The maximum absolute atomic E-state index is 7.30. The summed E-state index contributed by atoms with van der Waals surface area (Å²) >= 11 is 0. The van der Waals surface area contributed by atoms with Crippen molar-refractivity contribution in [1.82, 2.24) is 0 Å². The highest BCUT2D eigenvalue weighted by atomic mass is 16.3. The van der Waals surface area contributed by atoms with Crippen molar-refractivity contribution < 1.29 is 4.42 Å². The first kappa shape index (κ1) is 33.9. The Labute approximate surface area is 344 Å². The van der Waals surface area contributed by atoms with Crippen LogP contribution in [0.2, 0.25) is 0 Å². The lowest BCUT2D eigenvalue weighted by atomic mass is 9.70. The van der Waals surface area contributed by atoms with Crippen LogP contribution >= 0.6 is 0 Å². The van der Waals surface area contributed by atoms with Crippen LogP contribution in [0.5, 0.6) is 0 Å². The first-order valence-electron chi connectivity index (χ1n) is 20.7. The second-order valence-corrected chi connectivity index (χ2v) is 17.2. The van der Waals surface area contributed by atoms with E-state index in [2.05, 4.69) is 220 Å². The Morgan fingerprint density at radius 1 is 0.441 bits per heavy atom. The van der Waals surface area contributed by atoms with Gasteiger partial charge in [0.1, 0.15) is 5.58 Å². The van der Waals surface area contributed by atoms with E-state index in [1.165, 1.54) is 77.4 Å². The van der Waals surface area contributed by atoms with Crippen molar-refractivity contribution in [3.8, 4) is 33.4 Å². The average Bonchev–Trinajstić information content (AvgIpc) is 3.92. The molecule has 0 N–H and O–H groups in total. The van der Waals surface area contributed by atoms with Gasteiger partial charge in [-0.1, -0.05) is 185 Å². The number of hydrogen-bond acceptors (Lipinski definition) is 2. The van der Waals surface area contributed by atoms with Crippen molar-refractivity contribution in [2.24, 2.45) is 0 Å². The molecule has 2 aliphatic carbocycles. The van der Waals surface area contributed by atoms with Crippen LogP contribution in [0.1, 0.15) is 48.6 Å². The number of furan rings is 1. The van der Waals surface area contributed by atoms with Crippen molar-refractivity contribution in [1.29, 1.82) is 0 Å². The molecule has 0 atom stereocenters. The number of nitrogens with zero attached hydrogens (tertiary/aromatic N) is 1. The second-order valence-electron chi connectivity index (χ2n) is 17.2. The summed E-state index contributed by atoms with van der Waals surface area (Å²) < 4.78 is 7.30. The molecule has 0 saturated carbocycles. The molecule has 0 aliphatic heterocycles. The topological polar surface area (TPSA) is 16.4 Å². The molecular formula is C57H41NO. The molecule has 2 aliphatic rings. The zero-order valence-corrected chi connectivity index (χ0v) is 33.3. The first-order chi connectivity index (χ1) is 28.9. The summed E-state index contributed by atoms with van der Waals surface area (Å²) in [6.07, 6.45) is 0. The van der Waals surface area contributed by atoms with Crippen LogP contribution in [0.25, 0.3) is 66.1 Å². The van der Waals surface area contributed by atoms with E-state index in [9.17, 15) is 0 Å². The predicted molar refractivity (Wildman–Crippen MR) is 246 cm³/mol. The molecule has 10 aromatic rings. The molecule has 9 aromatic carbocycles. The zero-order chi connectivity index (χ0) is 39.5. The van der Waals surface area contributed by atoms with Gasteiger partial charge in [-0.05, 0) is 96.6 Å². The average molecular weight is 756 g/mol. The molecule has 0 bridgehead atoms. The predicted octanol–water partition coefficient (Wildman–Crippen LogP) is 15.5.